The predicted octanol–water partition coefficient (Wildman–Crippen LogP) is 7.51. The molecule has 0 spiro atoms. The summed E-state index contributed by atoms with van der Waals surface area (Å²) in [6.07, 6.45) is 1.33. The Kier molecular flexibility index (Phi) is 19.6. The predicted molar refractivity (Wildman–Crippen MR) is 281 cm³/mol. The second-order valence-corrected chi connectivity index (χ2v) is 25.8. The van der Waals surface area contributed by atoms with Crippen molar-refractivity contribution in [3.8, 4) is 0 Å². The zero-order chi connectivity index (χ0) is 54.8. The summed E-state index contributed by atoms with van der Waals surface area (Å²) in [6.45, 7) is 23.8. The molecule has 3 saturated heterocycles. The first-order valence-electron chi connectivity index (χ1n) is 27.1. The van der Waals surface area contributed by atoms with E-state index in [-0.39, 0.29) is 29.3 Å². The van der Waals surface area contributed by atoms with E-state index < -0.39 is 118 Å². The highest BCUT2D eigenvalue weighted by Crippen LogP contribution is 2.51. The molecule has 2 aromatic rings. The molecule has 4 aliphatic rings. The maximum Gasteiger partial charge on any atom is 0.309 e. The van der Waals surface area contributed by atoms with E-state index in [0.29, 0.717) is 75.7 Å². The molecule has 19 atom stereocenters. The molecule has 1 unspecified atom stereocenters. The molecule has 0 radical (unpaired) electrons. The molecule has 418 valence electrons. The number of carbonyl (C=O) groups is 1. The Morgan fingerprint density at radius 1 is 1.04 bits per heavy atom. The Morgan fingerprint density at radius 3 is 2.34 bits per heavy atom. The van der Waals surface area contributed by atoms with Gasteiger partial charge in [0, 0.05) is 56.6 Å². The molecule has 6 rings (SSSR count). The second kappa shape index (κ2) is 24.2. The Bertz CT molecular complexity index is 2340. The van der Waals surface area contributed by atoms with Crippen LogP contribution in [0.5, 0.6) is 0 Å². The first-order chi connectivity index (χ1) is 34.6. The summed E-state index contributed by atoms with van der Waals surface area (Å²) in [5.41, 5.74) is -0.257. The molecule has 1 aromatic heterocycles. The fourth-order valence-electron chi connectivity index (χ4n) is 13.3. The Morgan fingerprint density at radius 2 is 1.72 bits per heavy atom. The molecule has 2 bridgehead atoms. The van der Waals surface area contributed by atoms with Gasteiger partial charge in [-0.25, -0.2) is 17.5 Å². The molecule has 1 aromatic carbocycles. The topological polar surface area (TPSA) is 216 Å². The summed E-state index contributed by atoms with van der Waals surface area (Å²) in [6, 6.07) is 5.35. The van der Waals surface area contributed by atoms with Gasteiger partial charge in [-0.1, -0.05) is 71.0 Å². The summed E-state index contributed by atoms with van der Waals surface area (Å²) in [7, 11) is 0.144. The second-order valence-electron chi connectivity index (χ2n) is 23.7. The lowest BCUT2D eigenvalue weighted by Crippen LogP contribution is -2.61. The van der Waals surface area contributed by atoms with Crippen LogP contribution in [-0.4, -0.2) is 155 Å². The van der Waals surface area contributed by atoms with E-state index in [4.69, 9.17) is 23.7 Å². The SMILES string of the molecule is C=C1CC[C@@H]2[C@@H](C)C(=N)[C@H](C)C[C@@](C)(CC1)[C@H](O[C@@H]1O[C@H](C)C[C@H](N(C)CCc3cn([C@H](CF)Cc4ccc(S(C)(=O)=O)cc4)nn3)[C@H]1O)[C@@H](C)[C@H](C1C[C@@](C)(OC)[C@@H](O)[C@H](C)O1)[C@@H](C)C(=O)O[C@H](CC)[C@@]2(C)O. The number of benzene rings is 1. The Labute approximate surface area is 440 Å². The number of methoxy groups -OCH3 is 1. The number of carbonyl (C=O) groups excluding carboxylic acids is 1. The van der Waals surface area contributed by atoms with Gasteiger partial charge in [-0.2, -0.15) is 0 Å². The quantitative estimate of drug-likeness (QED) is 0.106. The molecule has 18 heteroatoms. The molecular formula is C56H90FN5O11S. The highest BCUT2D eigenvalue weighted by Gasteiger charge is 2.56. The van der Waals surface area contributed by atoms with Crippen LogP contribution in [0.2, 0.25) is 0 Å². The van der Waals surface area contributed by atoms with Gasteiger partial charge in [0.1, 0.15) is 30.6 Å². The Balaban J connectivity index is 1.34. The van der Waals surface area contributed by atoms with E-state index in [0.717, 1.165) is 17.4 Å². The van der Waals surface area contributed by atoms with Gasteiger partial charge in [-0.15, -0.1) is 5.10 Å². The number of halogens is 1. The third kappa shape index (κ3) is 13.2. The molecule has 3 aliphatic heterocycles. The number of aliphatic hydroxyl groups excluding tert-OH is 2. The van der Waals surface area contributed by atoms with Crippen molar-refractivity contribution < 1.29 is 56.6 Å². The minimum atomic E-state index is -3.37. The summed E-state index contributed by atoms with van der Waals surface area (Å²) in [5, 5.41) is 55.0. The van der Waals surface area contributed by atoms with Crippen LogP contribution in [0.3, 0.4) is 0 Å². The molecular weight excluding hydrogens is 970 g/mol. The monoisotopic (exact) mass is 1060 g/mol. The summed E-state index contributed by atoms with van der Waals surface area (Å²) >= 11 is 0. The van der Waals surface area contributed by atoms with E-state index in [1.54, 1.807) is 32.4 Å². The normalized spacial score (nSPS) is 39.7. The van der Waals surface area contributed by atoms with E-state index in [1.807, 2.05) is 48.6 Å². The molecule has 16 nitrogen and oxygen atoms in total. The lowest BCUT2D eigenvalue weighted by atomic mass is 9.62. The van der Waals surface area contributed by atoms with Crippen LogP contribution >= 0.6 is 0 Å². The molecule has 74 heavy (non-hydrogen) atoms. The number of nitrogens with zero attached hydrogens (tertiary/aromatic N) is 4. The van der Waals surface area contributed by atoms with Crippen LogP contribution < -0.4 is 0 Å². The van der Waals surface area contributed by atoms with Crippen molar-refractivity contribution in [3.63, 3.8) is 0 Å². The average molecular weight is 1060 g/mol. The van der Waals surface area contributed by atoms with Crippen molar-refractivity contribution in [1.29, 1.82) is 5.41 Å². The number of hydrogen-bond acceptors (Lipinski definition) is 15. The van der Waals surface area contributed by atoms with Crippen LogP contribution in [0.4, 0.5) is 4.39 Å². The zero-order valence-corrected chi connectivity index (χ0v) is 47.3. The molecule has 4 fully saturated rings. The third-order valence-corrected chi connectivity index (χ3v) is 19.2. The number of likely N-dealkylation sites (N-methyl/N-ethyl adjacent to an activating group) is 1. The standard InChI is InChI=1S/C56H90FN5O11S/c1-15-46-56(11,66)43-21-16-32(2)22-24-54(9,28-33(3)48(58)35(43)5)51(36(6)47(37(7)52(65)72-46)45-29-55(10,69-13)50(64)38(8)71-45)73-53-49(63)44(26-34(4)70-53)61(12)25-23-40-31-62(60-59-40)41(30-57)27-39-17-19-42(20-18-39)74(14,67)68/h17-20,31,33-38,41,43-47,49-51,53,58,63-64,66H,2,15-16,21-30H2,1,3-14H3/t33-,34-,35-,36+,37-,38+,41+,43-,44+,45?,46-,47+,49-,50+,51-,53+,54-,55-,56+/m1/s1. The van der Waals surface area contributed by atoms with E-state index >= 15 is 0 Å². The maximum absolute atomic E-state index is 14.9. The third-order valence-electron chi connectivity index (χ3n) is 18.1. The number of hydrogen-bond donors (Lipinski definition) is 4. The number of cyclic esters (lactones) is 1. The number of allylic oxidation sites excluding steroid dienone is 1. The van der Waals surface area contributed by atoms with E-state index in [9.17, 15) is 38.3 Å². The number of fused-ring (bicyclic) bond motifs is 5. The number of esters is 1. The number of ether oxygens (including phenoxy) is 5. The van der Waals surface area contributed by atoms with Crippen molar-refractivity contribution in [1.82, 2.24) is 19.9 Å². The molecule has 4 heterocycles. The van der Waals surface area contributed by atoms with Gasteiger partial charge in [0.15, 0.2) is 16.1 Å². The van der Waals surface area contributed by atoms with Gasteiger partial charge >= 0.3 is 5.97 Å². The minimum absolute atomic E-state index is 0.195. The van der Waals surface area contributed by atoms with Gasteiger partial charge < -0.3 is 49.3 Å². The number of nitrogens with one attached hydrogen (secondary N) is 1. The largest absolute Gasteiger partial charge is 0.459 e. The van der Waals surface area contributed by atoms with Crippen molar-refractivity contribution >= 4 is 21.5 Å². The van der Waals surface area contributed by atoms with Crippen LogP contribution in [0.1, 0.15) is 138 Å². The fraction of sp³-hybridized carbons (Fsp3) is 0.786. The van der Waals surface area contributed by atoms with Crippen LogP contribution in [0, 0.1) is 46.3 Å². The van der Waals surface area contributed by atoms with Crippen molar-refractivity contribution in [3.05, 3.63) is 53.9 Å². The smallest absolute Gasteiger partial charge is 0.309 e. The van der Waals surface area contributed by atoms with Gasteiger partial charge in [0.05, 0.1) is 52.6 Å². The Hall–Kier alpha value is -3.20. The van der Waals surface area contributed by atoms with Gasteiger partial charge in [0.2, 0.25) is 0 Å². The average Bonchev–Trinajstić information content (AvgIpc) is 3.82. The van der Waals surface area contributed by atoms with Gasteiger partial charge in [-0.3, -0.25) is 4.79 Å². The zero-order valence-electron chi connectivity index (χ0n) is 46.5. The summed E-state index contributed by atoms with van der Waals surface area (Å²) < 4.78 is 73.3. The number of rotatable bonds is 14. The lowest BCUT2D eigenvalue weighted by molar-refractivity contribution is -0.296. The molecule has 1 aliphatic carbocycles. The first kappa shape index (κ1) is 60.0. The van der Waals surface area contributed by atoms with Crippen LogP contribution in [-0.2, 0) is 51.2 Å². The minimum Gasteiger partial charge on any atom is -0.459 e. The van der Waals surface area contributed by atoms with Gasteiger partial charge in [-0.05, 0) is 133 Å². The molecule has 0 amide bonds. The van der Waals surface area contributed by atoms with Crippen molar-refractivity contribution in [2.45, 2.75) is 211 Å². The maximum atomic E-state index is 14.9. The molecule has 1 saturated carbocycles. The van der Waals surface area contributed by atoms with Crippen molar-refractivity contribution in [2.24, 2.45) is 40.9 Å². The first-order valence-corrected chi connectivity index (χ1v) is 29.0. The van der Waals surface area contributed by atoms with Crippen LogP contribution in [0.25, 0.3) is 0 Å². The van der Waals surface area contributed by atoms with Crippen LogP contribution in [0.15, 0.2) is 47.5 Å². The summed E-state index contributed by atoms with van der Waals surface area (Å²) in [5.74, 6) is -3.39. The number of alkyl halides is 1. The highest BCUT2D eigenvalue weighted by atomic mass is 32.2. The molecule has 4 N–H and O–H groups in total. The number of aromatic nitrogens is 3. The number of aliphatic hydroxyl groups is 3. The lowest BCUT2D eigenvalue weighted by Gasteiger charge is -2.53. The van der Waals surface area contributed by atoms with E-state index in [2.05, 4.69) is 42.6 Å². The number of sulfone groups is 1. The van der Waals surface area contributed by atoms with E-state index in [1.165, 1.54) is 16.8 Å². The van der Waals surface area contributed by atoms with Gasteiger partial charge in [0.25, 0.3) is 0 Å². The highest BCUT2D eigenvalue weighted by molar-refractivity contribution is 7.90. The summed E-state index contributed by atoms with van der Waals surface area (Å²) in [4.78, 5) is 17.2. The fourth-order valence-corrected chi connectivity index (χ4v) is 14.0. The van der Waals surface area contributed by atoms with Crippen molar-refractivity contribution in [2.75, 3.05) is 33.6 Å².